The lowest BCUT2D eigenvalue weighted by Gasteiger charge is -2.17. The Morgan fingerprint density at radius 2 is 2.04 bits per heavy atom. The van der Waals surface area contributed by atoms with Gasteiger partial charge in [-0.2, -0.15) is 0 Å². The van der Waals surface area contributed by atoms with Crippen LogP contribution in [0.3, 0.4) is 0 Å². The van der Waals surface area contributed by atoms with Crippen LogP contribution in [0.4, 0.5) is 10.8 Å². The van der Waals surface area contributed by atoms with Gasteiger partial charge in [0, 0.05) is 12.1 Å². The number of thiazole rings is 1. The van der Waals surface area contributed by atoms with Crippen LogP contribution in [0.2, 0.25) is 0 Å². The van der Waals surface area contributed by atoms with Gasteiger partial charge in [0.2, 0.25) is 5.91 Å². The van der Waals surface area contributed by atoms with E-state index < -0.39 is 0 Å². The molecule has 2 aromatic carbocycles. The molecule has 0 spiro atoms. The Bertz CT molecular complexity index is 1030. The van der Waals surface area contributed by atoms with E-state index in [-0.39, 0.29) is 18.4 Å². The number of hydrogen-bond donors (Lipinski definition) is 2. The van der Waals surface area contributed by atoms with Crippen molar-refractivity contribution < 1.29 is 14.3 Å². The number of hydrogen-bond acceptors (Lipinski definition) is 5. The van der Waals surface area contributed by atoms with Crippen LogP contribution in [-0.4, -0.2) is 23.4 Å². The second-order valence-corrected chi connectivity index (χ2v) is 7.50. The number of fused-ring (bicyclic) bond motifs is 1. The van der Waals surface area contributed by atoms with Crippen LogP contribution in [0.5, 0.6) is 5.75 Å². The molecule has 3 aromatic rings. The first-order valence-corrected chi connectivity index (χ1v) is 9.78. The van der Waals surface area contributed by atoms with E-state index in [1.807, 2.05) is 43.3 Å². The lowest BCUT2D eigenvalue weighted by molar-refractivity contribution is -0.118. The molecule has 0 saturated heterocycles. The molecule has 142 valence electrons. The third kappa shape index (κ3) is 4.04. The topological polar surface area (TPSA) is 80.3 Å². The van der Waals surface area contributed by atoms with Gasteiger partial charge in [-0.15, -0.1) is 0 Å². The van der Waals surface area contributed by atoms with E-state index in [0.29, 0.717) is 23.7 Å². The summed E-state index contributed by atoms with van der Waals surface area (Å²) in [5.41, 5.74) is 3.78. The van der Waals surface area contributed by atoms with E-state index >= 15 is 0 Å². The molecule has 7 heteroatoms. The molecule has 6 nitrogen and oxygen atoms in total. The molecule has 0 unspecified atom stereocenters. The van der Waals surface area contributed by atoms with Crippen LogP contribution in [0, 0.1) is 6.92 Å². The number of amides is 2. The number of anilines is 2. The van der Waals surface area contributed by atoms with Gasteiger partial charge in [-0.25, -0.2) is 4.98 Å². The van der Waals surface area contributed by atoms with Crippen molar-refractivity contribution in [2.45, 2.75) is 19.8 Å². The summed E-state index contributed by atoms with van der Waals surface area (Å²) in [5.74, 6) is 0.360. The van der Waals surface area contributed by atoms with Crippen molar-refractivity contribution in [1.29, 1.82) is 0 Å². The van der Waals surface area contributed by atoms with Crippen LogP contribution < -0.4 is 15.4 Å². The number of carbonyl (C=O) groups is 2. The second-order valence-electron chi connectivity index (χ2n) is 6.50. The molecule has 2 N–H and O–H groups in total. The van der Waals surface area contributed by atoms with Gasteiger partial charge < -0.3 is 10.1 Å². The van der Waals surface area contributed by atoms with Crippen LogP contribution >= 0.6 is 11.3 Å². The molecule has 1 aromatic heterocycles. The quantitative estimate of drug-likeness (QED) is 0.686. The number of rotatable bonds is 5. The van der Waals surface area contributed by atoms with Crippen molar-refractivity contribution in [2.75, 3.05) is 17.2 Å². The molecule has 0 fully saturated rings. The lowest BCUT2D eigenvalue weighted by Crippen LogP contribution is -2.21. The van der Waals surface area contributed by atoms with Crippen molar-refractivity contribution in [1.82, 2.24) is 4.98 Å². The highest BCUT2D eigenvalue weighted by Crippen LogP contribution is 2.32. The average molecular weight is 393 g/mol. The number of aromatic nitrogens is 1. The summed E-state index contributed by atoms with van der Waals surface area (Å²) in [6, 6.07) is 15.4. The second kappa shape index (κ2) is 7.82. The van der Waals surface area contributed by atoms with Gasteiger partial charge in [0.05, 0.1) is 10.6 Å². The zero-order valence-corrected chi connectivity index (χ0v) is 16.1. The fourth-order valence-corrected chi connectivity index (χ4v) is 4.05. The third-order valence-electron chi connectivity index (χ3n) is 4.42. The van der Waals surface area contributed by atoms with Crippen molar-refractivity contribution in [3.05, 3.63) is 59.8 Å². The van der Waals surface area contributed by atoms with Gasteiger partial charge in [0.15, 0.2) is 11.7 Å². The van der Waals surface area contributed by atoms with Crippen molar-refractivity contribution in [2.24, 2.45) is 0 Å². The smallest absolute Gasteiger partial charge is 0.264 e. The maximum atomic E-state index is 12.2. The van der Waals surface area contributed by atoms with Crippen molar-refractivity contribution in [3.63, 3.8) is 0 Å². The first-order chi connectivity index (χ1) is 13.6. The average Bonchev–Trinajstić information content (AvgIpc) is 3.07. The summed E-state index contributed by atoms with van der Waals surface area (Å²) < 4.78 is 5.61. The van der Waals surface area contributed by atoms with Crippen LogP contribution in [-0.2, 0) is 16.0 Å². The molecule has 1 aliphatic rings. The molecule has 2 heterocycles. The van der Waals surface area contributed by atoms with E-state index in [9.17, 15) is 9.59 Å². The number of aryl methyl sites for hydroxylation is 2. The number of nitrogens with one attached hydrogen (secondary N) is 2. The number of ether oxygens (including phenoxy) is 1. The van der Waals surface area contributed by atoms with Crippen LogP contribution in [0.1, 0.15) is 17.7 Å². The van der Waals surface area contributed by atoms with Gasteiger partial charge in [0.1, 0.15) is 5.75 Å². The van der Waals surface area contributed by atoms with Gasteiger partial charge >= 0.3 is 0 Å². The summed E-state index contributed by atoms with van der Waals surface area (Å²) in [6.07, 6.45) is 1.13. The Hall–Kier alpha value is -3.19. The van der Waals surface area contributed by atoms with E-state index in [0.717, 1.165) is 27.4 Å². The Kier molecular flexibility index (Phi) is 5.08. The summed E-state index contributed by atoms with van der Waals surface area (Å²) in [6.45, 7) is 1.82. The molecule has 1 aliphatic heterocycles. The molecule has 0 radical (unpaired) electrons. The maximum Gasteiger partial charge on any atom is 0.264 e. The van der Waals surface area contributed by atoms with Crippen LogP contribution in [0.15, 0.2) is 48.5 Å². The molecule has 28 heavy (non-hydrogen) atoms. The Labute approximate surface area is 166 Å². The number of nitrogens with zero attached hydrogens (tertiary/aromatic N) is 1. The minimum atomic E-state index is -0.264. The van der Waals surface area contributed by atoms with Crippen molar-refractivity contribution >= 4 is 34.0 Å². The van der Waals surface area contributed by atoms with E-state index in [4.69, 9.17) is 4.74 Å². The molecule has 0 atom stereocenters. The third-order valence-corrected chi connectivity index (χ3v) is 5.54. The Morgan fingerprint density at radius 3 is 2.86 bits per heavy atom. The Balaban J connectivity index is 1.37. The minimum absolute atomic E-state index is 0.0224. The molecular formula is C21H19N3O3S. The normalized spacial score (nSPS) is 12.8. The molecule has 2 amide bonds. The van der Waals surface area contributed by atoms with Gasteiger partial charge in [-0.3, -0.25) is 14.9 Å². The van der Waals surface area contributed by atoms with Crippen LogP contribution in [0.25, 0.3) is 10.4 Å². The Morgan fingerprint density at radius 1 is 1.21 bits per heavy atom. The monoisotopic (exact) mass is 393 g/mol. The molecule has 0 saturated carbocycles. The number of carbonyl (C=O) groups excluding carboxylic acids is 2. The zero-order chi connectivity index (χ0) is 19.5. The maximum absolute atomic E-state index is 12.2. The zero-order valence-electron chi connectivity index (χ0n) is 15.3. The van der Waals surface area contributed by atoms with E-state index in [1.54, 1.807) is 12.1 Å². The summed E-state index contributed by atoms with van der Waals surface area (Å²) in [7, 11) is 0. The highest BCUT2D eigenvalue weighted by atomic mass is 32.1. The fraction of sp³-hybridized carbons (Fsp3) is 0.190. The van der Waals surface area contributed by atoms with E-state index in [1.165, 1.54) is 11.3 Å². The first kappa shape index (κ1) is 18.2. The summed E-state index contributed by atoms with van der Waals surface area (Å²) in [4.78, 5) is 29.1. The van der Waals surface area contributed by atoms with Crippen molar-refractivity contribution in [3.8, 4) is 16.2 Å². The first-order valence-electron chi connectivity index (χ1n) is 8.97. The largest absolute Gasteiger partial charge is 0.484 e. The van der Waals surface area contributed by atoms with Gasteiger partial charge in [-0.05, 0) is 42.7 Å². The lowest BCUT2D eigenvalue weighted by atomic mass is 10.0. The summed E-state index contributed by atoms with van der Waals surface area (Å²) in [5, 5.41) is 6.18. The van der Waals surface area contributed by atoms with Gasteiger partial charge in [0.25, 0.3) is 5.91 Å². The standard InChI is InChI=1S/C21H19N3O3S/c1-13-20(14-5-3-2-4-6-14)28-21(22-13)24-19(26)12-27-16-8-9-17-15(11-16)7-10-18(25)23-17/h2-6,8-9,11H,7,10,12H2,1H3,(H,23,25)(H,22,24,26). The molecular weight excluding hydrogens is 374 g/mol. The number of benzene rings is 2. The summed E-state index contributed by atoms with van der Waals surface area (Å²) >= 11 is 1.44. The molecule has 0 aliphatic carbocycles. The minimum Gasteiger partial charge on any atom is -0.484 e. The SMILES string of the molecule is Cc1nc(NC(=O)COc2ccc3c(c2)CCC(=O)N3)sc1-c1ccccc1. The molecule has 0 bridgehead atoms. The predicted octanol–water partition coefficient (Wildman–Crippen LogP) is 4.02. The van der Waals surface area contributed by atoms with Gasteiger partial charge in [-0.1, -0.05) is 41.7 Å². The fourth-order valence-electron chi connectivity index (χ4n) is 3.06. The highest BCUT2D eigenvalue weighted by molar-refractivity contribution is 7.19. The highest BCUT2D eigenvalue weighted by Gasteiger charge is 2.16. The predicted molar refractivity (Wildman–Crippen MR) is 110 cm³/mol. The van der Waals surface area contributed by atoms with E-state index in [2.05, 4.69) is 15.6 Å². The molecule has 4 rings (SSSR count).